The molecule has 0 aromatic heterocycles. The van der Waals surface area contributed by atoms with E-state index in [2.05, 4.69) is 66.7 Å². The minimum atomic E-state index is -2.63. The molecule has 3 nitrogen and oxygen atoms in total. The highest BCUT2D eigenvalue weighted by molar-refractivity contribution is 6.60. The van der Waals surface area contributed by atoms with Gasteiger partial charge in [0, 0.05) is 27.4 Å². The molecule has 4 aromatic rings. The molecule has 0 unspecified atom stereocenters. The van der Waals surface area contributed by atoms with Crippen molar-refractivity contribution in [1.29, 1.82) is 0 Å². The van der Waals surface area contributed by atoms with E-state index in [4.69, 9.17) is 13.3 Å². The van der Waals surface area contributed by atoms with Crippen LogP contribution in [0.25, 0.3) is 32.3 Å². The van der Waals surface area contributed by atoms with Gasteiger partial charge in [0.2, 0.25) is 0 Å². The molecule has 0 saturated heterocycles. The summed E-state index contributed by atoms with van der Waals surface area (Å²) in [4.78, 5) is 0. The Hall–Kier alpha value is -2.24. The Kier molecular flexibility index (Phi) is 4.97. The van der Waals surface area contributed by atoms with Gasteiger partial charge in [0.05, 0.1) is 0 Å². The van der Waals surface area contributed by atoms with E-state index in [0.717, 1.165) is 12.5 Å². The molecule has 0 saturated carbocycles. The van der Waals surface area contributed by atoms with Crippen LogP contribution in [0.1, 0.15) is 5.56 Å². The fourth-order valence-corrected chi connectivity index (χ4v) is 5.62. The first-order chi connectivity index (χ1) is 13.2. The van der Waals surface area contributed by atoms with Crippen LogP contribution < -0.4 is 0 Å². The summed E-state index contributed by atoms with van der Waals surface area (Å²) in [7, 11) is 2.40. The molecule has 0 bridgehead atoms. The molecule has 0 spiro atoms. The fourth-order valence-electron chi connectivity index (χ4n) is 3.95. The Morgan fingerprint density at radius 1 is 0.630 bits per heavy atom. The Labute approximate surface area is 160 Å². The predicted molar refractivity (Wildman–Crippen MR) is 114 cm³/mol. The smallest absolute Gasteiger partial charge is 0.377 e. The highest BCUT2D eigenvalue weighted by Crippen LogP contribution is 2.33. The standard InChI is InChI=1S/C23H24O3Si/c1-24-27(25-2,26-3)13-12-22-21-11-7-6-10-19(21)15-20-14-17-8-4-5-9-18(17)16-23(20)22/h4-11,14-16H,12-13H2,1-3H3. The Morgan fingerprint density at radius 3 is 1.85 bits per heavy atom. The Bertz CT molecular complexity index is 1090. The van der Waals surface area contributed by atoms with Crippen molar-refractivity contribution >= 4 is 41.1 Å². The maximum atomic E-state index is 5.65. The summed E-state index contributed by atoms with van der Waals surface area (Å²) >= 11 is 0. The maximum absolute atomic E-state index is 5.65. The summed E-state index contributed by atoms with van der Waals surface area (Å²) in [6.07, 6.45) is 0.845. The molecule has 0 fully saturated rings. The van der Waals surface area contributed by atoms with Gasteiger partial charge in [0.15, 0.2) is 0 Å². The van der Waals surface area contributed by atoms with Gasteiger partial charge in [-0.1, -0.05) is 48.5 Å². The molecular formula is C23H24O3Si. The van der Waals surface area contributed by atoms with Crippen LogP contribution in [0.2, 0.25) is 6.04 Å². The van der Waals surface area contributed by atoms with E-state index >= 15 is 0 Å². The fraction of sp³-hybridized carbons (Fsp3) is 0.217. The van der Waals surface area contributed by atoms with Crippen LogP contribution in [-0.4, -0.2) is 30.1 Å². The zero-order valence-corrected chi connectivity index (χ0v) is 17.0. The second-order valence-corrected chi connectivity index (χ2v) is 9.88. The summed E-state index contributed by atoms with van der Waals surface area (Å²) in [6.45, 7) is 0. The normalized spacial score (nSPS) is 12.3. The van der Waals surface area contributed by atoms with Gasteiger partial charge in [-0.15, -0.1) is 0 Å². The van der Waals surface area contributed by atoms with Gasteiger partial charge >= 0.3 is 8.80 Å². The van der Waals surface area contributed by atoms with Crippen LogP contribution >= 0.6 is 0 Å². The number of hydrogen-bond donors (Lipinski definition) is 0. The molecule has 0 aliphatic rings. The van der Waals surface area contributed by atoms with Crippen molar-refractivity contribution in [2.45, 2.75) is 12.5 Å². The SMILES string of the molecule is CO[Si](CCc1c2ccccc2cc2cc3ccccc3cc12)(OC)OC. The minimum Gasteiger partial charge on any atom is -0.377 e. The van der Waals surface area contributed by atoms with Gasteiger partial charge in [-0.25, -0.2) is 0 Å². The van der Waals surface area contributed by atoms with Crippen LogP contribution in [-0.2, 0) is 19.7 Å². The zero-order chi connectivity index (χ0) is 18.9. The van der Waals surface area contributed by atoms with Crippen molar-refractivity contribution in [2.24, 2.45) is 0 Å². The average molecular weight is 377 g/mol. The van der Waals surface area contributed by atoms with E-state index in [1.54, 1.807) is 21.3 Å². The summed E-state index contributed by atoms with van der Waals surface area (Å²) in [5.41, 5.74) is 1.33. The number of hydrogen-bond acceptors (Lipinski definition) is 3. The average Bonchev–Trinajstić information content (AvgIpc) is 2.73. The van der Waals surface area contributed by atoms with E-state index in [-0.39, 0.29) is 0 Å². The molecule has 0 N–H and O–H groups in total. The second kappa shape index (κ2) is 7.41. The number of benzene rings is 4. The topological polar surface area (TPSA) is 27.7 Å². The third-order valence-electron chi connectivity index (χ3n) is 5.45. The third-order valence-corrected chi connectivity index (χ3v) is 8.18. The van der Waals surface area contributed by atoms with Crippen LogP contribution in [0.3, 0.4) is 0 Å². The lowest BCUT2D eigenvalue weighted by Crippen LogP contribution is -2.43. The van der Waals surface area contributed by atoms with Crippen molar-refractivity contribution in [1.82, 2.24) is 0 Å². The first-order valence-electron chi connectivity index (χ1n) is 9.18. The van der Waals surface area contributed by atoms with Gasteiger partial charge in [0.25, 0.3) is 0 Å². The van der Waals surface area contributed by atoms with Gasteiger partial charge in [-0.05, 0) is 62.5 Å². The molecule has 0 heterocycles. The molecule has 4 rings (SSSR count). The molecule has 0 atom stereocenters. The van der Waals surface area contributed by atoms with E-state index in [0.29, 0.717) is 0 Å². The first kappa shape index (κ1) is 18.1. The number of aryl methyl sites for hydroxylation is 1. The Morgan fingerprint density at radius 2 is 1.19 bits per heavy atom. The van der Waals surface area contributed by atoms with Gasteiger partial charge < -0.3 is 13.3 Å². The highest BCUT2D eigenvalue weighted by Gasteiger charge is 2.37. The van der Waals surface area contributed by atoms with E-state index < -0.39 is 8.80 Å². The number of rotatable bonds is 6. The van der Waals surface area contributed by atoms with Crippen LogP contribution in [0, 0.1) is 0 Å². The van der Waals surface area contributed by atoms with Gasteiger partial charge in [0.1, 0.15) is 0 Å². The summed E-state index contributed by atoms with van der Waals surface area (Å²) in [5.74, 6) is 0. The largest absolute Gasteiger partial charge is 0.500 e. The molecule has 0 radical (unpaired) electrons. The van der Waals surface area contributed by atoms with Crippen molar-refractivity contribution < 1.29 is 13.3 Å². The minimum absolute atomic E-state index is 0.742. The second-order valence-electron chi connectivity index (χ2n) is 6.79. The summed E-state index contributed by atoms with van der Waals surface area (Å²) < 4.78 is 16.9. The lowest BCUT2D eigenvalue weighted by molar-refractivity contribution is 0.124. The summed E-state index contributed by atoms with van der Waals surface area (Å²) in [5, 5.41) is 7.62. The van der Waals surface area contributed by atoms with Crippen molar-refractivity contribution in [3.8, 4) is 0 Å². The lowest BCUT2D eigenvalue weighted by Gasteiger charge is -2.25. The molecule has 0 aliphatic heterocycles. The molecule has 0 amide bonds. The predicted octanol–water partition coefficient (Wildman–Crippen LogP) is 5.57. The molecule has 138 valence electrons. The number of fused-ring (bicyclic) bond motifs is 3. The van der Waals surface area contributed by atoms with Crippen molar-refractivity contribution in [2.75, 3.05) is 21.3 Å². The third kappa shape index (κ3) is 3.26. The van der Waals surface area contributed by atoms with Crippen LogP contribution in [0.15, 0.2) is 66.7 Å². The summed E-state index contributed by atoms with van der Waals surface area (Å²) in [6, 6.07) is 24.7. The van der Waals surface area contributed by atoms with Crippen molar-refractivity contribution in [3.63, 3.8) is 0 Å². The van der Waals surface area contributed by atoms with E-state index in [1.165, 1.54) is 37.9 Å². The molecular weight excluding hydrogens is 352 g/mol. The van der Waals surface area contributed by atoms with E-state index in [1.807, 2.05) is 0 Å². The van der Waals surface area contributed by atoms with Gasteiger partial charge in [-0.3, -0.25) is 0 Å². The van der Waals surface area contributed by atoms with Crippen molar-refractivity contribution in [3.05, 3.63) is 72.3 Å². The Balaban J connectivity index is 1.93. The molecule has 0 aliphatic carbocycles. The van der Waals surface area contributed by atoms with Crippen LogP contribution in [0.5, 0.6) is 0 Å². The quantitative estimate of drug-likeness (QED) is 0.325. The van der Waals surface area contributed by atoms with Gasteiger partial charge in [-0.2, -0.15) is 0 Å². The first-order valence-corrected chi connectivity index (χ1v) is 11.1. The lowest BCUT2D eigenvalue weighted by atomic mass is 9.93. The molecule has 4 aromatic carbocycles. The highest BCUT2D eigenvalue weighted by atomic mass is 28.4. The maximum Gasteiger partial charge on any atom is 0.500 e. The molecule has 4 heteroatoms. The zero-order valence-electron chi connectivity index (χ0n) is 16.0. The van der Waals surface area contributed by atoms with Crippen LogP contribution in [0.4, 0.5) is 0 Å². The van der Waals surface area contributed by atoms with E-state index in [9.17, 15) is 0 Å². The molecule has 27 heavy (non-hydrogen) atoms. The monoisotopic (exact) mass is 376 g/mol.